The zero-order valence-electron chi connectivity index (χ0n) is 12.4. The molecule has 0 heterocycles. The van der Waals surface area contributed by atoms with E-state index in [-0.39, 0.29) is 10.9 Å². The first-order chi connectivity index (χ1) is 10.6. The van der Waals surface area contributed by atoms with E-state index in [1.807, 2.05) is 37.3 Å². The molecule has 1 amide bonds. The average molecular weight is 321 g/mol. The fourth-order valence-electron chi connectivity index (χ4n) is 2.14. The van der Waals surface area contributed by atoms with Crippen LogP contribution in [-0.2, 0) is 4.79 Å². The van der Waals surface area contributed by atoms with Crippen LogP contribution in [0.3, 0.4) is 0 Å². The molecule has 2 rings (SSSR count). The molecule has 0 spiro atoms. The van der Waals surface area contributed by atoms with Crippen LogP contribution in [0.4, 0.5) is 15.8 Å². The predicted molar refractivity (Wildman–Crippen MR) is 89.0 cm³/mol. The third-order valence-electron chi connectivity index (χ3n) is 3.32. The maximum atomic E-state index is 13.1. The zero-order chi connectivity index (χ0) is 15.9. The summed E-state index contributed by atoms with van der Waals surface area (Å²) in [6.07, 6.45) is 0.345. The molecule has 0 radical (unpaired) electrons. The Labute approximate surface area is 134 Å². The minimum Gasteiger partial charge on any atom is -0.371 e. The summed E-state index contributed by atoms with van der Waals surface area (Å²) in [7, 11) is 0. The van der Waals surface area contributed by atoms with Crippen LogP contribution in [0.5, 0.6) is 0 Å². The van der Waals surface area contributed by atoms with Crippen molar-refractivity contribution in [2.24, 2.45) is 0 Å². The smallest absolute Gasteiger partial charge is 0.226 e. The van der Waals surface area contributed by atoms with Crippen LogP contribution < -0.4 is 10.2 Å². The second-order valence-electron chi connectivity index (χ2n) is 4.84. The first-order valence-electron chi connectivity index (χ1n) is 7.15. The number of hydrogen-bond donors (Lipinski definition) is 1. The number of nitrogens with one attached hydrogen (secondary N) is 1. The Morgan fingerprint density at radius 3 is 2.59 bits per heavy atom. The SMILES string of the molecule is CCN(CCC(=O)Nc1ccc(F)c(Cl)c1)c1ccccc1. The molecular weight excluding hydrogens is 303 g/mol. The molecule has 0 aromatic heterocycles. The van der Waals surface area contributed by atoms with Gasteiger partial charge < -0.3 is 10.2 Å². The molecule has 0 aliphatic carbocycles. The van der Waals surface area contributed by atoms with E-state index in [0.717, 1.165) is 12.2 Å². The summed E-state index contributed by atoms with van der Waals surface area (Å²) in [6, 6.07) is 14.1. The molecular formula is C17H18ClFN2O. The number of amides is 1. The van der Waals surface area contributed by atoms with E-state index in [9.17, 15) is 9.18 Å². The van der Waals surface area contributed by atoms with E-state index < -0.39 is 5.82 Å². The van der Waals surface area contributed by atoms with Crippen molar-refractivity contribution in [1.82, 2.24) is 0 Å². The van der Waals surface area contributed by atoms with Gasteiger partial charge in [0, 0.05) is 30.9 Å². The Kier molecular flexibility index (Phi) is 5.78. The van der Waals surface area contributed by atoms with Crippen LogP contribution in [-0.4, -0.2) is 19.0 Å². The molecule has 0 fully saturated rings. The summed E-state index contributed by atoms with van der Waals surface area (Å²) < 4.78 is 13.1. The lowest BCUT2D eigenvalue weighted by atomic mass is 10.2. The second-order valence-corrected chi connectivity index (χ2v) is 5.25. The summed E-state index contributed by atoms with van der Waals surface area (Å²) in [5, 5.41) is 2.72. The molecule has 0 aliphatic heterocycles. The van der Waals surface area contributed by atoms with E-state index in [4.69, 9.17) is 11.6 Å². The normalized spacial score (nSPS) is 10.3. The lowest BCUT2D eigenvalue weighted by Gasteiger charge is -2.22. The van der Waals surface area contributed by atoms with Crippen molar-refractivity contribution in [3.05, 3.63) is 59.4 Å². The van der Waals surface area contributed by atoms with Crippen LogP contribution in [0.25, 0.3) is 0 Å². The standard InChI is InChI=1S/C17H18ClFN2O/c1-2-21(14-6-4-3-5-7-14)11-10-17(22)20-13-8-9-16(19)15(18)12-13/h3-9,12H,2,10-11H2,1H3,(H,20,22). The third kappa shape index (κ3) is 4.46. The highest BCUT2D eigenvalue weighted by Gasteiger charge is 2.09. The number of halogens is 2. The van der Waals surface area contributed by atoms with Crippen molar-refractivity contribution in [1.29, 1.82) is 0 Å². The minimum atomic E-state index is -0.499. The summed E-state index contributed by atoms with van der Waals surface area (Å²) >= 11 is 5.69. The highest BCUT2D eigenvalue weighted by molar-refractivity contribution is 6.31. The molecule has 22 heavy (non-hydrogen) atoms. The van der Waals surface area contributed by atoms with Crippen LogP contribution in [0.15, 0.2) is 48.5 Å². The largest absolute Gasteiger partial charge is 0.371 e. The molecule has 2 aromatic rings. The number of rotatable bonds is 6. The van der Waals surface area contributed by atoms with Gasteiger partial charge in [-0.15, -0.1) is 0 Å². The maximum Gasteiger partial charge on any atom is 0.226 e. The van der Waals surface area contributed by atoms with E-state index in [1.165, 1.54) is 18.2 Å². The van der Waals surface area contributed by atoms with Crippen LogP contribution in [0, 0.1) is 5.82 Å². The van der Waals surface area contributed by atoms with Crippen molar-refractivity contribution in [3.63, 3.8) is 0 Å². The molecule has 2 aromatic carbocycles. The molecule has 3 nitrogen and oxygen atoms in total. The highest BCUT2D eigenvalue weighted by Crippen LogP contribution is 2.19. The van der Waals surface area contributed by atoms with Gasteiger partial charge in [0.05, 0.1) is 5.02 Å². The lowest BCUT2D eigenvalue weighted by molar-refractivity contribution is -0.116. The van der Waals surface area contributed by atoms with E-state index in [0.29, 0.717) is 18.7 Å². The van der Waals surface area contributed by atoms with Gasteiger partial charge in [-0.3, -0.25) is 4.79 Å². The fraction of sp³-hybridized carbons (Fsp3) is 0.235. The maximum absolute atomic E-state index is 13.1. The van der Waals surface area contributed by atoms with Gasteiger partial charge in [0.1, 0.15) is 5.82 Å². The fourth-order valence-corrected chi connectivity index (χ4v) is 2.32. The van der Waals surface area contributed by atoms with Gasteiger partial charge in [0.15, 0.2) is 0 Å². The Morgan fingerprint density at radius 1 is 1.23 bits per heavy atom. The predicted octanol–water partition coefficient (Wildman–Crippen LogP) is 4.33. The van der Waals surface area contributed by atoms with Crippen LogP contribution >= 0.6 is 11.6 Å². The van der Waals surface area contributed by atoms with Gasteiger partial charge in [-0.25, -0.2) is 4.39 Å². The Hall–Kier alpha value is -2.07. The van der Waals surface area contributed by atoms with Gasteiger partial charge >= 0.3 is 0 Å². The topological polar surface area (TPSA) is 32.3 Å². The molecule has 0 aliphatic rings. The van der Waals surface area contributed by atoms with E-state index in [1.54, 1.807) is 0 Å². The number of nitrogens with zero attached hydrogens (tertiary/aromatic N) is 1. The van der Waals surface area contributed by atoms with Gasteiger partial charge in [-0.05, 0) is 37.3 Å². The molecule has 0 unspecified atom stereocenters. The monoisotopic (exact) mass is 320 g/mol. The zero-order valence-corrected chi connectivity index (χ0v) is 13.1. The van der Waals surface area contributed by atoms with Gasteiger partial charge in [0.2, 0.25) is 5.91 Å². The highest BCUT2D eigenvalue weighted by atomic mass is 35.5. The van der Waals surface area contributed by atoms with Crippen LogP contribution in [0.1, 0.15) is 13.3 Å². The molecule has 1 N–H and O–H groups in total. The molecule has 0 atom stereocenters. The average Bonchev–Trinajstić information content (AvgIpc) is 2.52. The Morgan fingerprint density at radius 2 is 1.95 bits per heavy atom. The van der Waals surface area contributed by atoms with Crippen molar-refractivity contribution in [3.8, 4) is 0 Å². The minimum absolute atomic E-state index is 0.00253. The first kappa shape index (κ1) is 16.3. The Balaban J connectivity index is 1.90. The number of hydrogen-bond acceptors (Lipinski definition) is 2. The summed E-state index contributed by atoms with van der Waals surface area (Å²) in [6.45, 7) is 3.48. The summed E-state index contributed by atoms with van der Waals surface area (Å²) in [5.41, 5.74) is 1.58. The number of benzene rings is 2. The molecule has 5 heteroatoms. The third-order valence-corrected chi connectivity index (χ3v) is 3.60. The Bertz CT molecular complexity index is 634. The van der Waals surface area contributed by atoms with Crippen molar-refractivity contribution in [2.75, 3.05) is 23.3 Å². The lowest BCUT2D eigenvalue weighted by Crippen LogP contribution is -2.27. The number of carbonyl (C=O) groups excluding carboxylic acids is 1. The first-order valence-corrected chi connectivity index (χ1v) is 7.53. The van der Waals surface area contributed by atoms with Crippen molar-refractivity contribution < 1.29 is 9.18 Å². The van der Waals surface area contributed by atoms with E-state index >= 15 is 0 Å². The van der Waals surface area contributed by atoms with Gasteiger partial charge in [0.25, 0.3) is 0 Å². The molecule has 0 bridgehead atoms. The van der Waals surface area contributed by atoms with Crippen molar-refractivity contribution in [2.45, 2.75) is 13.3 Å². The second kappa shape index (κ2) is 7.80. The summed E-state index contributed by atoms with van der Waals surface area (Å²) in [5.74, 6) is -0.627. The molecule has 116 valence electrons. The number of anilines is 2. The summed E-state index contributed by atoms with van der Waals surface area (Å²) in [4.78, 5) is 14.1. The molecule has 0 saturated carbocycles. The van der Waals surface area contributed by atoms with Gasteiger partial charge in [-0.2, -0.15) is 0 Å². The van der Waals surface area contributed by atoms with Gasteiger partial charge in [-0.1, -0.05) is 29.8 Å². The number of para-hydroxylation sites is 1. The molecule has 0 saturated heterocycles. The quantitative estimate of drug-likeness (QED) is 0.859. The number of carbonyl (C=O) groups is 1. The van der Waals surface area contributed by atoms with Crippen molar-refractivity contribution >= 4 is 28.9 Å². The van der Waals surface area contributed by atoms with E-state index in [2.05, 4.69) is 10.2 Å². The van der Waals surface area contributed by atoms with Crippen LogP contribution in [0.2, 0.25) is 5.02 Å².